The van der Waals surface area contributed by atoms with Crippen molar-refractivity contribution in [3.63, 3.8) is 0 Å². The molecular formula is C46H65BClLiN4O12W3. The Morgan fingerprint density at radius 2 is 1.00 bits per heavy atom. The second-order valence-electron chi connectivity index (χ2n) is 13.8. The predicted octanol–water partition coefficient (Wildman–Crippen LogP) is 5.57. The summed E-state index contributed by atoms with van der Waals surface area (Å²) in [7, 11) is 3.91. The first-order valence-electron chi connectivity index (χ1n) is 19.5. The summed E-state index contributed by atoms with van der Waals surface area (Å²) in [6.45, 7) is 19.5. The van der Waals surface area contributed by atoms with Crippen LogP contribution in [0.15, 0.2) is 98.6 Å². The molecule has 68 heavy (non-hydrogen) atoms. The molecule has 5 rings (SSSR count). The van der Waals surface area contributed by atoms with Crippen molar-refractivity contribution in [3.8, 4) is 0 Å². The molecule has 0 atom stereocenters. The molecule has 1 saturated heterocycles. The van der Waals surface area contributed by atoms with E-state index in [2.05, 4.69) is 81.9 Å². The molecule has 5 heterocycles. The van der Waals surface area contributed by atoms with Crippen molar-refractivity contribution in [2.75, 3.05) is 21.3 Å². The van der Waals surface area contributed by atoms with Gasteiger partial charge in [0.15, 0.2) is 0 Å². The first kappa shape index (κ1) is 79.0. The minimum atomic E-state index is -0.897. The van der Waals surface area contributed by atoms with Crippen molar-refractivity contribution in [3.05, 3.63) is 143 Å². The van der Waals surface area contributed by atoms with E-state index in [1.54, 1.807) is 73.2 Å². The van der Waals surface area contributed by atoms with Gasteiger partial charge in [-0.3, -0.25) is 15.0 Å². The van der Waals surface area contributed by atoms with Crippen LogP contribution in [-0.2, 0) is 106 Å². The van der Waals surface area contributed by atoms with E-state index in [-0.39, 0.29) is 141 Å². The largest absolute Gasteiger partial charge is 1.00 e. The van der Waals surface area contributed by atoms with Crippen LogP contribution in [0.1, 0.15) is 120 Å². The van der Waals surface area contributed by atoms with Gasteiger partial charge in [0.1, 0.15) is 5.15 Å². The summed E-state index contributed by atoms with van der Waals surface area (Å²) < 4.78 is 25.1. The summed E-state index contributed by atoms with van der Waals surface area (Å²) >= 11 is 5.59. The van der Waals surface area contributed by atoms with Crippen LogP contribution >= 0.6 is 11.6 Å². The number of aryl methyl sites for hydroxylation is 2. The Balaban J connectivity index is -0.000000134. The standard InChI is InChI=1S/C10H13NO2.C10H11NO2.C9H17BO2.C9H11NO2.C7H6ClNO2.CH4.Li.2H2O.3W/c2*1-3-5-9-8(10(12)13-2)6-4-7-11-9;1-6-7-10-11-8(2,3)9(4,5)12-10;1-2-4-8-7(9(11)12)5-3-6-10-8;1-11-7(10)5-3-2-4-9-6(5)8;;;;;;;/h4,6-7H,3,5H2,1-2H3;3-4,6-7H,1,5H2,2H3;6H,1,7H2,2-5H3;3,5-6H,2,4H2,1H3,(H,11,12);2-4H,1H3;1H4;;2*1H2;;;/q;;;;;;+1;;;;;/p-1. The molecule has 16 nitrogen and oxygen atoms in total. The van der Waals surface area contributed by atoms with E-state index in [0.717, 1.165) is 37.7 Å². The third kappa shape index (κ3) is 27.3. The SMILES string of the molecule is C.C=CCB1OC(C)(C)C(C)(C)O1.C=CCc1ncccc1C(=O)OC.CCCc1ncccc1C(=O)O.CCCc1ncccc1C(=O)OC.COC(=O)c1cccnc1Cl.O.[Li+].[OH-].[W].[W].[W]. The van der Waals surface area contributed by atoms with Crippen molar-refractivity contribution in [2.24, 2.45) is 0 Å². The molecule has 4 aromatic heterocycles. The van der Waals surface area contributed by atoms with Gasteiger partial charge in [-0.25, -0.2) is 24.2 Å². The average molecular weight is 1470 g/mol. The summed E-state index contributed by atoms with van der Waals surface area (Å²) in [5, 5.41) is 8.92. The van der Waals surface area contributed by atoms with E-state index in [9.17, 15) is 19.2 Å². The maximum absolute atomic E-state index is 11.2. The number of ether oxygens (including phenoxy) is 3. The number of esters is 3. The second-order valence-corrected chi connectivity index (χ2v) is 14.2. The van der Waals surface area contributed by atoms with E-state index >= 15 is 0 Å². The van der Waals surface area contributed by atoms with Crippen molar-refractivity contribution in [1.82, 2.24) is 19.9 Å². The van der Waals surface area contributed by atoms with E-state index in [1.165, 1.54) is 27.5 Å². The Hall–Kier alpha value is -3.18. The fraction of sp³-hybridized carbons (Fsp3) is 0.391. The van der Waals surface area contributed by atoms with Gasteiger partial charge >= 0.3 is 49.9 Å². The van der Waals surface area contributed by atoms with Gasteiger partial charge in [-0.15, -0.1) is 13.2 Å². The number of carboxylic acid groups (broad SMARTS) is 1. The topological polar surface area (TPSA) is 248 Å². The van der Waals surface area contributed by atoms with Crippen LogP contribution in [0.4, 0.5) is 0 Å². The van der Waals surface area contributed by atoms with Gasteiger partial charge in [0, 0.05) is 101 Å². The van der Waals surface area contributed by atoms with Crippen molar-refractivity contribution < 1.29 is 141 Å². The third-order valence-corrected chi connectivity index (χ3v) is 9.15. The number of carbonyl (C=O) groups excluding carboxylic acids is 3. The average Bonchev–Trinajstić information content (AvgIpc) is 3.46. The molecule has 0 radical (unpaired) electrons. The minimum Gasteiger partial charge on any atom is -0.870 e. The summed E-state index contributed by atoms with van der Waals surface area (Å²) in [5.74, 6) is -2.03. The monoisotopic (exact) mass is 1470 g/mol. The molecule has 0 spiro atoms. The van der Waals surface area contributed by atoms with Crippen LogP contribution in [0, 0.1) is 0 Å². The molecule has 0 saturated carbocycles. The van der Waals surface area contributed by atoms with Crippen LogP contribution in [0.25, 0.3) is 0 Å². The van der Waals surface area contributed by atoms with Crippen molar-refractivity contribution in [1.29, 1.82) is 0 Å². The van der Waals surface area contributed by atoms with E-state index in [1.807, 2.05) is 13.0 Å². The Kier molecular flexibility index (Phi) is 49.6. The zero-order chi connectivity index (χ0) is 46.0. The number of carboxylic acids is 1. The summed E-state index contributed by atoms with van der Waals surface area (Å²) in [6.07, 6.45) is 14.7. The van der Waals surface area contributed by atoms with Gasteiger partial charge < -0.3 is 39.6 Å². The number of pyridine rings is 4. The number of rotatable bonds is 12. The molecule has 0 amide bonds. The van der Waals surface area contributed by atoms with Crippen LogP contribution in [-0.4, -0.2) is 99.5 Å². The number of methoxy groups -OCH3 is 3. The molecule has 1 aliphatic heterocycles. The van der Waals surface area contributed by atoms with Gasteiger partial charge in [-0.05, 0) is 89.1 Å². The predicted molar refractivity (Wildman–Crippen MR) is 248 cm³/mol. The van der Waals surface area contributed by atoms with Crippen LogP contribution in [0.3, 0.4) is 0 Å². The first-order valence-corrected chi connectivity index (χ1v) is 19.8. The van der Waals surface area contributed by atoms with Crippen molar-refractivity contribution in [2.45, 2.75) is 98.6 Å². The zero-order valence-corrected chi connectivity index (χ0v) is 49.3. The van der Waals surface area contributed by atoms with Gasteiger partial charge in [-0.1, -0.05) is 57.9 Å². The Bertz CT molecular complexity index is 2040. The normalized spacial score (nSPS) is 11.4. The molecule has 4 aromatic rings. The second kappa shape index (κ2) is 42.7. The maximum Gasteiger partial charge on any atom is 1.00 e. The minimum absolute atomic E-state index is 0. The van der Waals surface area contributed by atoms with Crippen LogP contribution in [0.5, 0.6) is 0 Å². The molecule has 22 heteroatoms. The van der Waals surface area contributed by atoms with Gasteiger partial charge in [0.25, 0.3) is 0 Å². The number of halogens is 1. The van der Waals surface area contributed by atoms with Gasteiger partial charge in [0.05, 0.1) is 71.9 Å². The number of carbonyl (C=O) groups is 4. The fourth-order valence-corrected chi connectivity index (χ4v) is 5.31. The number of aromatic carboxylic acids is 1. The van der Waals surface area contributed by atoms with Crippen LogP contribution < -0.4 is 18.9 Å². The quantitative estimate of drug-likeness (QED) is 0.0599. The molecule has 0 aromatic carbocycles. The first-order chi connectivity index (χ1) is 29.0. The molecule has 4 N–H and O–H groups in total. The maximum atomic E-state index is 11.2. The summed E-state index contributed by atoms with van der Waals surface area (Å²) in [5.41, 5.74) is 3.46. The summed E-state index contributed by atoms with van der Waals surface area (Å²) in [4.78, 5) is 59.9. The molecular weight excluding hydrogens is 1410 g/mol. The summed E-state index contributed by atoms with van der Waals surface area (Å²) in [6, 6.07) is 13.3. The fourth-order valence-electron chi connectivity index (χ4n) is 5.12. The number of hydrogen-bond donors (Lipinski definition) is 1. The van der Waals surface area contributed by atoms with Crippen LogP contribution in [0.2, 0.25) is 11.5 Å². The van der Waals surface area contributed by atoms with Gasteiger partial charge in [-0.2, -0.15) is 0 Å². The number of allylic oxidation sites excluding steroid dienone is 2. The van der Waals surface area contributed by atoms with Crippen molar-refractivity contribution >= 4 is 42.6 Å². The molecule has 370 valence electrons. The Morgan fingerprint density at radius 1 is 0.662 bits per heavy atom. The van der Waals surface area contributed by atoms with E-state index in [0.29, 0.717) is 34.5 Å². The Morgan fingerprint density at radius 3 is 1.35 bits per heavy atom. The van der Waals surface area contributed by atoms with Gasteiger partial charge in [0.2, 0.25) is 0 Å². The molecule has 1 fully saturated rings. The smallest absolute Gasteiger partial charge is 0.870 e. The number of hydrogen-bond acceptors (Lipinski definition) is 14. The molecule has 0 unspecified atom stereocenters. The Labute approximate surface area is 462 Å². The number of nitrogens with zero attached hydrogens (tertiary/aromatic N) is 4. The third-order valence-electron chi connectivity index (χ3n) is 8.85. The molecule has 0 aliphatic carbocycles. The molecule has 0 bridgehead atoms. The zero-order valence-electron chi connectivity index (χ0n) is 39.8. The van der Waals surface area contributed by atoms with E-state index < -0.39 is 11.9 Å². The molecule has 1 aliphatic rings. The van der Waals surface area contributed by atoms with E-state index in [4.69, 9.17) is 26.0 Å². The number of aromatic nitrogens is 4.